The Morgan fingerprint density at radius 3 is 2.83 bits per heavy atom. The third-order valence-corrected chi connectivity index (χ3v) is 2.73. The zero-order chi connectivity index (χ0) is 13.6. The SMILES string of the molecule is CCCn1ccnc1CNC(=O)C(C)(C)OCC. The summed E-state index contributed by atoms with van der Waals surface area (Å²) in [5.41, 5.74) is -0.795. The average Bonchev–Trinajstić information content (AvgIpc) is 2.74. The van der Waals surface area contributed by atoms with Crippen molar-refractivity contribution < 1.29 is 9.53 Å². The standard InChI is InChI=1S/C13H23N3O2/c1-5-8-16-9-7-14-11(16)10-15-12(17)13(3,4)18-6-2/h7,9H,5-6,8,10H2,1-4H3,(H,15,17). The molecule has 0 aromatic carbocycles. The number of imidazole rings is 1. The number of aryl methyl sites for hydroxylation is 1. The first-order valence-corrected chi connectivity index (χ1v) is 6.43. The highest BCUT2D eigenvalue weighted by Gasteiger charge is 2.27. The van der Waals surface area contributed by atoms with Gasteiger partial charge in [-0.3, -0.25) is 4.79 Å². The molecule has 0 spiro atoms. The van der Waals surface area contributed by atoms with Crippen molar-refractivity contribution in [3.8, 4) is 0 Å². The highest BCUT2D eigenvalue weighted by atomic mass is 16.5. The number of amides is 1. The van der Waals surface area contributed by atoms with E-state index in [0.717, 1.165) is 18.8 Å². The topological polar surface area (TPSA) is 56.2 Å². The molecule has 1 amide bonds. The number of nitrogens with one attached hydrogen (secondary N) is 1. The van der Waals surface area contributed by atoms with Crippen LogP contribution in [-0.4, -0.2) is 27.7 Å². The Bertz CT molecular complexity index is 385. The largest absolute Gasteiger partial charge is 0.366 e. The molecule has 0 aliphatic carbocycles. The van der Waals surface area contributed by atoms with Crippen LogP contribution in [0.25, 0.3) is 0 Å². The third kappa shape index (κ3) is 3.84. The van der Waals surface area contributed by atoms with Gasteiger partial charge in [0.1, 0.15) is 11.4 Å². The van der Waals surface area contributed by atoms with Crippen molar-refractivity contribution in [3.05, 3.63) is 18.2 Å². The molecule has 1 aromatic rings. The molecule has 0 saturated heterocycles. The first-order valence-electron chi connectivity index (χ1n) is 6.43. The zero-order valence-electron chi connectivity index (χ0n) is 11.7. The van der Waals surface area contributed by atoms with E-state index in [2.05, 4.69) is 17.2 Å². The molecule has 1 aromatic heterocycles. The predicted octanol–water partition coefficient (Wildman–Crippen LogP) is 1.72. The molecule has 0 radical (unpaired) electrons. The lowest BCUT2D eigenvalue weighted by Gasteiger charge is -2.23. The summed E-state index contributed by atoms with van der Waals surface area (Å²) < 4.78 is 7.45. The van der Waals surface area contributed by atoms with E-state index in [-0.39, 0.29) is 5.91 Å². The van der Waals surface area contributed by atoms with Crippen LogP contribution in [-0.2, 0) is 22.6 Å². The molecule has 0 atom stereocenters. The van der Waals surface area contributed by atoms with Gasteiger partial charge in [-0.2, -0.15) is 0 Å². The molecule has 0 fully saturated rings. The quantitative estimate of drug-likeness (QED) is 0.805. The van der Waals surface area contributed by atoms with E-state index in [1.807, 2.05) is 17.7 Å². The van der Waals surface area contributed by atoms with Crippen LogP contribution in [0.5, 0.6) is 0 Å². The predicted molar refractivity (Wildman–Crippen MR) is 70.1 cm³/mol. The van der Waals surface area contributed by atoms with Crippen molar-refractivity contribution in [1.29, 1.82) is 0 Å². The summed E-state index contributed by atoms with van der Waals surface area (Å²) in [5.74, 6) is 0.757. The second kappa shape index (κ2) is 6.54. The Balaban J connectivity index is 2.54. The van der Waals surface area contributed by atoms with Crippen LogP contribution < -0.4 is 5.32 Å². The van der Waals surface area contributed by atoms with Crippen LogP contribution in [0.1, 0.15) is 39.9 Å². The number of carbonyl (C=O) groups excluding carboxylic acids is 1. The molecular formula is C13H23N3O2. The van der Waals surface area contributed by atoms with Crippen molar-refractivity contribution in [2.75, 3.05) is 6.61 Å². The van der Waals surface area contributed by atoms with Gasteiger partial charge in [0.15, 0.2) is 0 Å². The van der Waals surface area contributed by atoms with Crippen LogP contribution in [0.15, 0.2) is 12.4 Å². The first-order chi connectivity index (χ1) is 8.51. The Morgan fingerprint density at radius 2 is 2.22 bits per heavy atom. The molecule has 102 valence electrons. The van der Waals surface area contributed by atoms with Crippen molar-refractivity contribution in [2.24, 2.45) is 0 Å². The van der Waals surface area contributed by atoms with Gasteiger partial charge < -0.3 is 14.6 Å². The van der Waals surface area contributed by atoms with E-state index in [1.165, 1.54) is 0 Å². The Hall–Kier alpha value is -1.36. The molecule has 18 heavy (non-hydrogen) atoms. The third-order valence-electron chi connectivity index (χ3n) is 2.73. The van der Waals surface area contributed by atoms with Crippen molar-refractivity contribution in [2.45, 2.75) is 52.8 Å². The normalized spacial score (nSPS) is 11.6. The maximum atomic E-state index is 11.9. The van der Waals surface area contributed by atoms with Gasteiger partial charge in [0, 0.05) is 25.5 Å². The van der Waals surface area contributed by atoms with E-state index in [9.17, 15) is 4.79 Å². The second-order valence-electron chi connectivity index (χ2n) is 4.66. The summed E-state index contributed by atoms with van der Waals surface area (Å²) in [4.78, 5) is 16.2. The van der Waals surface area contributed by atoms with Gasteiger partial charge in [-0.15, -0.1) is 0 Å². The number of carbonyl (C=O) groups is 1. The highest BCUT2D eigenvalue weighted by Crippen LogP contribution is 2.09. The number of rotatable bonds is 7. The van der Waals surface area contributed by atoms with Gasteiger partial charge in [-0.05, 0) is 27.2 Å². The monoisotopic (exact) mass is 253 g/mol. The molecule has 5 heteroatoms. The van der Waals surface area contributed by atoms with E-state index in [0.29, 0.717) is 13.2 Å². The minimum atomic E-state index is -0.795. The van der Waals surface area contributed by atoms with E-state index in [1.54, 1.807) is 20.0 Å². The average molecular weight is 253 g/mol. The number of ether oxygens (including phenoxy) is 1. The molecule has 1 N–H and O–H groups in total. The minimum Gasteiger partial charge on any atom is -0.366 e. The Labute approximate surface area is 109 Å². The lowest BCUT2D eigenvalue weighted by Crippen LogP contribution is -2.44. The first kappa shape index (κ1) is 14.7. The summed E-state index contributed by atoms with van der Waals surface area (Å²) in [6.45, 7) is 9.39. The van der Waals surface area contributed by atoms with Crippen molar-refractivity contribution >= 4 is 5.91 Å². The summed E-state index contributed by atoms with van der Waals surface area (Å²) in [6.07, 6.45) is 4.73. The summed E-state index contributed by atoms with van der Waals surface area (Å²) in [6, 6.07) is 0. The van der Waals surface area contributed by atoms with Crippen LogP contribution in [0.3, 0.4) is 0 Å². The van der Waals surface area contributed by atoms with Crippen molar-refractivity contribution in [3.63, 3.8) is 0 Å². The van der Waals surface area contributed by atoms with Crippen LogP contribution in [0, 0.1) is 0 Å². The van der Waals surface area contributed by atoms with Crippen LogP contribution >= 0.6 is 0 Å². The van der Waals surface area contributed by atoms with Gasteiger partial charge in [0.25, 0.3) is 5.91 Å². The molecule has 1 rings (SSSR count). The fourth-order valence-electron chi connectivity index (χ4n) is 1.75. The van der Waals surface area contributed by atoms with E-state index < -0.39 is 5.60 Å². The molecule has 0 unspecified atom stereocenters. The minimum absolute atomic E-state index is 0.115. The number of hydrogen-bond acceptors (Lipinski definition) is 3. The Kier molecular flexibility index (Phi) is 5.34. The Morgan fingerprint density at radius 1 is 1.50 bits per heavy atom. The van der Waals surface area contributed by atoms with E-state index in [4.69, 9.17) is 4.74 Å². The molecule has 5 nitrogen and oxygen atoms in total. The summed E-state index contributed by atoms with van der Waals surface area (Å²) >= 11 is 0. The zero-order valence-corrected chi connectivity index (χ0v) is 11.7. The molecule has 0 aliphatic heterocycles. The maximum absolute atomic E-state index is 11.9. The van der Waals surface area contributed by atoms with Gasteiger partial charge in [0.2, 0.25) is 0 Å². The van der Waals surface area contributed by atoms with Crippen LogP contribution in [0.2, 0.25) is 0 Å². The summed E-state index contributed by atoms with van der Waals surface area (Å²) in [5, 5.41) is 2.86. The fraction of sp³-hybridized carbons (Fsp3) is 0.692. The molecule has 0 saturated carbocycles. The molecular weight excluding hydrogens is 230 g/mol. The summed E-state index contributed by atoms with van der Waals surface area (Å²) in [7, 11) is 0. The van der Waals surface area contributed by atoms with Gasteiger partial charge in [-0.25, -0.2) is 4.98 Å². The van der Waals surface area contributed by atoms with E-state index >= 15 is 0 Å². The van der Waals surface area contributed by atoms with Crippen LogP contribution in [0.4, 0.5) is 0 Å². The lowest BCUT2D eigenvalue weighted by atomic mass is 10.1. The maximum Gasteiger partial charge on any atom is 0.252 e. The lowest BCUT2D eigenvalue weighted by molar-refractivity contribution is -0.142. The van der Waals surface area contributed by atoms with Crippen molar-refractivity contribution in [1.82, 2.24) is 14.9 Å². The molecule has 0 bridgehead atoms. The number of nitrogens with zero attached hydrogens (tertiary/aromatic N) is 2. The van der Waals surface area contributed by atoms with Gasteiger partial charge in [-0.1, -0.05) is 6.92 Å². The van der Waals surface area contributed by atoms with Gasteiger partial charge in [0.05, 0.1) is 6.54 Å². The molecule has 1 heterocycles. The second-order valence-corrected chi connectivity index (χ2v) is 4.66. The smallest absolute Gasteiger partial charge is 0.252 e. The number of aromatic nitrogens is 2. The number of hydrogen-bond donors (Lipinski definition) is 1. The van der Waals surface area contributed by atoms with Gasteiger partial charge >= 0.3 is 0 Å². The fourth-order valence-corrected chi connectivity index (χ4v) is 1.75. The highest BCUT2D eigenvalue weighted by molar-refractivity contribution is 5.84. The molecule has 0 aliphatic rings.